The summed E-state index contributed by atoms with van der Waals surface area (Å²) in [6, 6.07) is 5.30. The van der Waals surface area contributed by atoms with Crippen molar-refractivity contribution in [3.63, 3.8) is 0 Å². The molecule has 1 atom stereocenters. The number of carbonyl (C=O) groups excluding carboxylic acids is 1. The molecule has 0 aliphatic heterocycles. The van der Waals surface area contributed by atoms with Crippen molar-refractivity contribution in [3.8, 4) is 5.75 Å². The molecule has 25 heavy (non-hydrogen) atoms. The molecule has 0 bridgehead atoms. The highest BCUT2D eigenvalue weighted by Crippen LogP contribution is 2.23. The molecule has 0 saturated heterocycles. The maximum atomic E-state index is 12.0. The number of carbonyl (C=O) groups is 1. The Labute approximate surface area is 146 Å². The van der Waals surface area contributed by atoms with Crippen LogP contribution in [-0.2, 0) is 11.2 Å². The number of hydrogen-bond acceptors (Lipinski definition) is 4. The van der Waals surface area contributed by atoms with Crippen molar-refractivity contribution in [2.75, 3.05) is 20.2 Å². The Morgan fingerprint density at radius 3 is 2.88 bits per heavy atom. The number of H-pyrrole nitrogens is 1. The summed E-state index contributed by atoms with van der Waals surface area (Å²) in [6.45, 7) is 1.05. The van der Waals surface area contributed by atoms with Crippen molar-refractivity contribution in [3.05, 3.63) is 30.0 Å². The van der Waals surface area contributed by atoms with E-state index in [1.54, 1.807) is 7.11 Å². The van der Waals surface area contributed by atoms with E-state index in [9.17, 15) is 4.79 Å². The molecule has 0 radical (unpaired) electrons. The van der Waals surface area contributed by atoms with Gasteiger partial charge in [-0.15, -0.1) is 0 Å². The number of aromatic amines is 1. The second-order valence-corrected chi connectivity index (χ2v) is 5.86. The maximum Gasteiger partial charge on any atom is 0.236 e. The van der Waals surface area contributed by atoms with E-state index in [0.717, 1.165) is 22.2 Å². The molecule has 2 rings (SSSR count). The van der Waals surface area contributed by atoms with Gasteiger partial charge in [-0.25, -0.2) is 0 Å². The summed E-state index contributed by atoms with van der Waals surface area (Å²) in [7, 11) is 1.64. The van der Waals surface area contributed by atoms with E-state index in [0.29, 0.717) is 32.4 Å². The highest BCUT2D eigenvalue weighted by molar-refractivity contribution is 5.85. The number of guanidine groups is 1. The first-order valence-corrected chi connectivity index (χ1v) is 8.26. The predicted molar refractivity (Wildman–Crippen MR) is 98.7 cm³/mol. The van der Waals surface area contributed by atoms with Gasteiger partial charge in [-0.2, -0.15) is 0 Å². The molecule has 1 aromatic heterocycles. The molecule has 8 nitrogen and oxygen atoms in total. The molecule has 0 unspecified atom stereocenters. The van der Waals surface area contributed by atoms with Gasteiger partial charge in [-0.3, -0.25) is 10.2 Å². The highest BCUT2D eigenvalue weighted by Gasteiger charge is 2.13. The molecule has 0 aliphatic carbocycles. The minimum absolute atomic E-state index is 0.0756. The van der Waals surface area contributed by atoms with Crippen molar-refractivity contribution in [2.24, 2.45) is 11.5 Å². The molecule has 1 aromatic carbocycles. The van der Waals surface area contributed by atoms with Gasteiger partial charge in [0.05, 0.1) is 13.2 Å². The van der Waals surface area contributed by atoms with Gasteiger partial charge in [0.2, 0.25) is 5.91 Å². The summed E-state index contributed by atoms with van der Waals surface area (Å²) in [6.07, 6.45) is 3.87. The number of fused-ring (bicyclic) bond motifs is 1. The fourth-order valence-electron chi connectivity index (χ4n) is 2.62. The largest absolute Gasteiger partial charge is 0.497 e. The van der Waals surface area contributed by atoms with Gasteiger partial charge in [-0.05, 0) is 43.0 Å². The molecule has 1 amide bonds. The lowest BCUT2D eigenvalue weighted by molar-refractivity contribution is -0.122. The topological polar surface area (TPSA) is 142 Å². The SMILES string of the molecule is COc1ccc2[nH]cc(CCNC(=O)[C@@H](N)CCCNC(=N)N)c2c1. The zero-order valence-electron chi connectivity index (χ0n) is 14.4. The van der Waals surface area contributed by atoms with E-state index in [1.165, 1.54) is 0 Å². The van der Waals surface area contributed by atoms with Crippen LogP contribution in [0.5, 0.6) is 5.75 Å². The number of aromatic nitrogens is 1. The highest BCUT2D eigenvalue weighted by atomic mass is 16.5. The fraction of sp³-hybridized carbons (Fsp3) is 0.412. The molecule has 136 valence electrons. The molecule has 0 saturated carbocycles. The monoisotopic (exact) mass is 346 g/mol. The van der Waals surface area contributed by atoms with Crippen LogP contribution >= 0.6 is 0 Å². The summed E-state index contributed by atoms with van der Waals surface area (Å²) in [5, 5.41) is 13.7. The average molecular weight is 346 g/mol. The van der Waals surface area contributed by atoms with E-state index >= 15 is 0 Å². The minimum Gasteiger partial charge on any atom is -0.497 e. The van der Waals surface area contributed by atoms with Crippen molar-refractivity contribution in [2.45, 2.75) is 25.3 Å². The normalized spacial score (nSPS) is 11.9. The van der Waals surface area contributed by atoms with E-state index in [1.807, 2.05) is 24.4 Å². The number of amides is 1. The predicted octanol–water partition coefficient (Wildman–Crippen LogP) is 0.426. The Hall–Kier alpha value is -2.74. The third-order valence-electron chi connectivity index (χ3n) is 4.01. The molecule has 0 spiro atoms. The van der Waals surface area contributed by atoms with Crippen molar-refractivity contribution in [1.29, 1.82) is 5.41 Å². The van der Waals surface area contributed by atoms with Gasteiger partial charge in [0.15, 0.2) is 5.96 Å². The van der Waals surface area contributed by atoms with Crippen LogP contribution in [0, 0.1) is 5.41 Å². The third kappa shape index (κ3) is 5.39. The molecule has 0 aliphatic rings. The molecule has 8 N–H and O–H groups in total. The number of hydrogen-bond donors (Lipinski definition) is 6. The van der Waals surface area contributed by atoms with Crippen LogP contribution in [0.2, 0.25) is 0 Å². The van der Waals surface area contributed by atoms with Crippen LogP contribution < -0.4 is 26.8 Å². The van der Waals surface area contributed by atoms with Crippen LogP contribution in [0.15, 0.2) is 24.4 Å². The van der Waals surface area contributed by atoms with Crippen LogP contribution in [0.4, 0.5) is 0 Å². The van der Waals surface area contributed by atoms with Crippen LogP contribution in [-0.4, -0.2) is 43.1 Å². The van der Waals surface area contributed by atoms with Crippen LogP contribution in [0.3, 0.4) is 0 Å². The zero-order valence-corrected chi connectivity index (χ0v) is 14.4. The molecular formula is C17H26N6O2. The van der Waals surface area contributed by atoms with Gasteiger partial charge in [0, 0.05) is 30.2 Å². The lowest BCUT2D eigenvalue weighted by atomic mass is 10.1. The molecule has 0 fully saturated rings. The second-order valence-electron chi connectivity index (χ2n) is 5.86. The Balaban J connectivity index is 1.78. The first kappa shape index (κ1) is 18.6. The smallest absolute Gasteiger partial charge is 0.236 e. The summed E-state index contributed by atoms with van der Waals surface area (Å²) in [5.41, 5.74) is 13.2. The zero-order chi connectivity index (χ0) is 18.2. The Morgan fingerprint density at radius 2 is 2.16 bits per heavy atom. The third-order valence-corrected chi connectivity index (χ3v) is 4.01. The van der Waals surface area contributed by atoms with Gasteiger partial charge in [0.1, 0.15) is 5.75 Å². The first-order valence-electron chi connectivity index (χ1n) is 8.26. The Kier molecular flexibility index (Phi) is 6.64. The number of methoxy groups -OCH3 is 1. The first-order chi connectivity index (χ1) is 12.0. The summed E-state index contributed by atoms with van der Waals surface area (Å²) in [4.78, 5) is 15.2. The fourth-order valence-corrected chi connectivity index (χ4v) is 2.62. The number of ether oxygens (including phenoxy) is 1. The average Bonchev–Trinajstić information content (AvgIpc) is 3.00. The van der Waals surface area contributed by atoms with Gasteiger partial charge in [0.25, 0.3) is 0 Å². The number of nitrogens with one attached hydrogen (secondary N) is 4. The van der Waals surface area contributed by atoms with E-state index in [-0.39, 0.29) is 11.9 Å². The van der Waals surface area contributed by atoms with Crippen LogP contribution in [0.25, 0.3) is 10.9 Å². The summed E-state index contributed by atoms with van der Waals surface area (Å²) < 4.78 is 5.26. The number of rotatable bonds is 9. The van der Waals surface area contributed by atoms with E-state index in [2.05, 4.69) is 15.6 Å². The molecule has 1 heterocycles. The summed E-state index contributed by atoms with van der Waals surface area (Å²) >= 11 is 0. The second kappa shape index (κ2) is 8.93. The molecule has 8 heteroatoms. The molecular weight excluding hydrogens is 320 g/mol. The lowest BCUT2D eigenvalue weighted by Gasteiger charge is -2.12. The van der Waals surface area contributed by atoms with Crippen molar-refractivity contribution < 1.29 is 9.53 Å². The Morgan fingerprint density at radius 1 is 1.36 bits per heavy atom. The Bertz CT molecular complexity index is 727. The van der Waals surface area contributed by atoms with Gasteiger partial charge in [-0.1, -0.05) is 0 Å². The van der Waals surface area contributed by atoms with Crippen molar-refractivity contribution >= 4 is 22.8 Å². The maximum absolute atomic E-state index is 12.0. The molecule has 2 aromatic rings. The van der Waals surface area contributed by atoms with Gasteiger partial charge >= 0.3 is 0 Å². The summed E-state index contributed by atoms with van der Waals surface area (Å²) in [5.74, 6) is 0.562. The minimum atomic E-state index is -0.558. The van der Waals surface area contributed by atoms with Crippen molar-refractivity contribution in [1.82, 2.24) is 15.6 Å². The van der Waals surface area contributed by atoms with Crippen LogP contribution in [0.1, 0.15) is 18.4 Å². The lowest BCUT2D eigenvalue weighted by Crippen LogP contribution is -2.42. The number of nitrogens with two attached hydrogens (primary N) is 2. The standard InChI is InChI=1S/C17H26N6O2/c1-25-12-4-5-15-13(9-12)11(10-23-15)6-8-21-16(24)14(18)3-2-7-22-17(19)20/h4-5,9-10,14,23H,2-3,6-8,18H2,1H3,(H,21,24)(H4,19,20,22)/t14-/m0/s1. The van der Waals surface area contributed by atoms with E-state index < -0.39 is 6.04 Å². The van der Waals surface area contributed by atoms with Gasteiger partial charge < -0.3 is 31.8 Å². The number of benzene rings is 1. The quantitative estimate of drug-likeness (QED) is 0.222. The van der Waals surface area contributed by atoms with E-state index in [4.69, 9.17) is 21.6 Å².